The van der Waals surface area contributed by atoms with E-state index in [0.717, 1.165) is 12.8 Å². The van der Waals surface area contributed by atoms with Crippen LogP contribution < -0.4 is 15.2 Å². The maximum Gasteiger partial charge on any atom is 0.215 e. The van der Waals surface area contributed by atoms with E-state index in [0.29, 0.717) is 17.4 Å². The summed E-state index contributed by atoms with van der Waals surface area (Å²) >= 11 is 0. The van der Waals surface area contributed by atoms with Crippen LogP contribution >= 0.6 is 0 Å². The average molecular weight is 314 g/mol. The van der Waals surface area contributed by atoms with E-state index in [1.807, 2.05) is 6.92 Å². The predicted molar refractivity (Wildman–Crippen MR) is 86.8 cm³/mol. The van der Waals surface area contributed by atoms with Gasteiger partial charge in [0.15, 0.2) is 0 Å². The van der Waals surface area contributed by atoms with Crippen molar-refractivity contribution in [1.29, 1.82) is 0 Å². The number of nitrogen functional groups attached to an aromatic ring is 1. The van der Waals surface area contributed by atoms with Crippen LogP contribution in [-0.4, -0.2) is 26.8 Å². The zero-order valence-corrected chi connectivity index (χ0v) is 13.8. The van der Waals surface area contributed by atoms with Crippen molar-refractivity contribution in [2.24, 2.45) is 5.92 Å². The lowest BCUT2D eigenvalue weighted by Crippen LogP contribution is -2.40. The molecule has 0 aliphatic carbocycles. The van der Waals surface area contributed by atoms with Crippen LogP contribution in [0.15, 0.2) is 24.3 Å². The van der Waals surface area contributed by atoms with Gasteiger partial charge in [0, 0.05) is 11.7 Å². The van der Waals surface area contributed by atoms with Gasteiger partial charge in [-0.25, -0.2) is 13.1 Å². The summed E-state index contributed by atoms with van der Waals surface area (Å²) in [5.74, 6) is 0.923. The quantitative estimate of drug-likeness (QED) is 0.686. The van der Waals surface area contributed by atoms with Crippen molar-refractivity contribution in [2.45, 2.75) is 39.7 Å². The first kappa shape index (κ1) is 17.8. The zero-order valence-electron chi connectivity index (χ0n) is 13.0. The fourth-order valence-corrected chi connectivity index (χ4v) is 3.45. The topological polar surface area (TPSA) is 81.4 Å². The number of hydrogen-bond acceptors (Lipinski definition) is 4. The normalized spacial score (nSPS) is 13.3. The minimum atomic E-state index is -3.32. The third-order valence-corrected chi connectivity index (χ3v) is 5.06. The van der Waals surface area contributed by atoms with Gasteiger partial charge in [0.25, 0.3) is 0 Å². The Morgan fingerprint density at radius 3 is 2.29 bits per heavy atom. The molecule has 0 radical (unpaired) electrons. The molecule has 21 heavy (non-hydrogen) atoms. The molecule has 1 aromatic rings. The Hall–Kier alpha value is -1.27. The molecule has 0 fully saturated rings. The molecule has 3 N–H and O–H groups in total. The number of sulfonamides is 1. The molecule has 1 unspecified atom stereocenters. The highest BCUT2D eigenvalue weighted by Crippen LogP contribution is 2.14. The maximum absolute atomic E-state index is 12.0. The molecule has 0 aromatic heterocycles. The van der Waals surface area contributed by atoms with Crippen LogP contribution in [0.5, 0.6) is 5.75 Å². The van der Waals surface area contributed by atoms with E-state index in [4.69, 9.17) is 10.5 Å². The van der Waals surface area contributed by atoms with Crippen molar-refractivity contribution < 1.29 is 13.2 Å². The lowest BCUT2D eigenvalue weighted by molar-refractivity contribution is 0.338. The molecule has 1 aromatic carbocycles. The van der Waals surface area contributed by atoms with Crippen molar-refractivity contribution in [3.05, 3.63) is 24.3 Å². The molecule has 0 aliphatic rings. The Bertz CT molecular complexity index is 510. The van der Waals surface area contributed by atoms with E-state index in [-0.39, 0.29) is 18.4 Å². The summed E-state index contributed by atoms with van der Waals surface area (Å²) in [5, 5.41) is 0. The van der Waals surface area contributed by atoms with Crippen molar-refractivity contribution >= 4 is 15.7 Å². The number of nitrogens with one attached hydrogen (secondary N) is 1. The first-order valence-corrected chi connectivity index (χ1v) is 9.01. The van der Waals surface area contributed by atoms with Gasteiger partial charge >= 0.3 is 0 Å². The SMILES string of the molecule is CCC(CC)C(C)NS(=O)(=O)CCOc1ccc(N)cc1. The maximum atomic E-state index is 12.0. The van der Waals surface area contributed by atoms with E-state index in [2.05, 4.69) is 18.6 Å². The molecule has 0 bridgehead atoms. The molecule has 6 heteroatoms. The second-order valence-electron chi connectivity index (χ2n) is 5.22. The summed E-state index contributed by atoms with van der Waals surface area (Å²) in [6.45, 7) is 6.18. The second-order valence-corrected chi connectivity index (χ2v) is 7.09. The zero-order chi connectivity index (χ0) is 15.9. The lowest BCUT2D eigenvalue weighted by Gasteiger charge is -2.22. The van der Waals surface area contributed by atoms with Crippen molar-refractivity contribution in [2.75, 3.05) is 18.1 Å². The Morgan fingerprint density at radius 2 is 1.76 bits per heavy atom. The Kier molecular flexibility index (Phi) is 6.98. The molecule has 0 amide bonds. The summed E-state index contributed by atoms with van der Waals surface area (Å²) < 4.78 is 32.2. The number of benzene rings is 1. The number of hydrogen-bond donors (Lipinski definition) is 2. The fraction of sp³-hybridized carbons (Fsp3) is 0.600. The molecule has 5 nitrogen and oxygen atoms in total. The fourth-order valence-electron chi connectivity index (χ4n) is 2.27. The van der Waals surface area contributed by atoms with Gasteiger partial charge in [-0.15, -0.1) is 0 Å². The molecule has 0 saturated heterocycles. The van der Waals surface area contributed by atoms with E-state index in [1.54, 1.807) is 24.3 Å². The first-order chi connectivity index (χ1) is 9.88. The molecule has 0 saturated carbocycles. The number of anilines is 1. The molecular weight excluding hydrogens is 288 g/mol. The summed E-state index contributed by atoms with van der Waals surface area (Å²) in [6.07, 6.45) is 1.92. The van der Waals surface area contributed by atoms with Gasteiger partial charge in [-0.1, -0.05) is 26.7 Å². The average Bonchev–Trinajstić information content (AvgIpc) is 2.41. The highest BCUT2D eigenvalue weighted by atomic mass is 32.2. The van der Waals surface area contributed by atoms with Gasteiger partial charge in [-0.2, -0.15) is 0 Å². The Morgan fingerprint density at radius 1 is 1.19 bits per heavy atom. The second kappa shape index (κ2) is 8.24. The van der Waals surface area contributed by atoms with Gasteiger partial charge < -0.3 is 10.5 Å². The summed E-state index contributed by atoms with van der Waals surface area (Å²) in [7, 11) is -3.32. The van der Waals surface area contributed by atoms with E-state index >= 15 is 0 Å². The van der Waals surface area contributed by atoms with Gasteiger partial charge in [-0.05, 0) is 37.1 Å². The van der Waals surface area contributed by atoms with Crippen LogP contribution in [0.2, 0.25) is 0 Å². The molecular formula is C15H26N2O3S. The summed E-state index contributed by atoms with van der Waals surface area (Å²) in [6, 6.07) is 6.83. The van der Waals surface area contributed by atoms with E-state index in [1.165, 1.54) is 0 Å². The highest BCUT2D eigenvalue weighted by molar-refractivity contribution is 7.89. The summed E-state index contributed by atoms with van der Waals surface area (Å²) in [5.41, 5.74) is 6.22. The summed E-state index contributed by atoms with van der Waals surface area (Å²) in [4.78, 5) is 0. The van der Waals surface area contributed by atoms with Gasteiger partial charge in [0.1, 0.15) is 12.4 Å². The molecule has 0 aliphatic heterocycles. The Balaban J connectivity index is 2.44. The van der Waals surface area contributed by atoms with Crippen LogP contribution in [0.4, 0.5) is 5.69 Å². The monoisotopic (exact) mass is 314 g/mol. The van der Waals surface area contributed by atoms with Crippen molar-refractivity contribution in [1.82, 2.24) is 4.72 Å². The predicted octanol–water partition coefficient (Wildman–Crippen LogP) is 2.39. The van der Waals surface area contributed by atoms with E-state index in [9.17, 15) is 8.42 Å². The van der Waals surface area contributed by atoms with Gasteiger partial charge in [0.2, 0.25) is 10.0 Å². The number of rotatable bonds is 9. The minimum absolute atomic E-state index is 0.0537. The van der Waals surface area contributed by atoms with Crippen LogP contribution in [0, 0.1) is 5.92 Å². The molecule has 0 spiro atoms. The smallest absolute Gasteiger partial charge is 0.215 e. The highest BCUT2D eigenvalue weighted by Gasteiger charge is 2.20. The minimum Gasteiger partial charge on any atom is -0.492 e. The number of ether oxygens (including phenoxy) is 1. The Labute approximate surface area is 127 Å². The van der Waals surface area contributed by atoms with Crippen LogP contribution in [0.25, 0.3) is 0 Å². The standard InChI is InChI=1S/C15H26N2O3S/c1-4-13(5-2)12(3)17-21(18,19)11-10-20-15-8-6-14(16)7-9-15/h6-9,12-13,17H,4-5,10-11,16H2,1-3H3. The molecule has 0 heterocycles. The van der Waals surface area contributed by atoms with Crippen LogP contribution in [-0.2, 0) is 10.0 Å². The van der Waals surface area contributed by atoms with Crippen molar-refractivity contribution in [3.8, 4) is 5.75 Å². The molecule has 1 rings (SSSR count). The van der Waals surface area contributed by atoms with Crippen molar-refractivity contribution in [3.63, 3.8) is 0 Å². The van der Waals surface area contributed by atoms with Crippen LogP contribution in [0.3, 0.4) is 0 Å². The third kappa shape index (κ3) is 6.35. The number of nitrogens with two attached hydrogens (primary N) is 1. The van der Waals surface area contributed by atoms with E-state index < -0.39 is 10.0 Å². The lowest BCUT2D eigenvalue weighted by atomic mass is 9.96. The first-order valence-electron chi connectivity index (χ1n) is 7.36. The van der Waals surface area contributed by atoms with Crippen LogP contribution in [0.1, 0.15) is 33.6 Å². The molecule has 1 atom stereocenters. The van der Waals surface area contributed by atoms with Gasteiger partial charge in [0.05, 0.1) is 5.75 Å². The van der Waals surface area contributed by atoms with Gasteiger partial charge in [-0.3, -0.25) is 0 Å². The largest absolute Gasteiger partial charge is 0.492 e. The molecule has 120 valence electrons. The third-order valence-electron chi connectivity index (χ3n) is 3.62.